The zero-order valence-electron chi connectivity index (χ0n) is 42.9. The molecule has 0 radical (unpaired) electrons. The molecule has 9 heteroatoms. The van der Waals surface area contributed by atoms with Gasteiger partial charge in [-0.25, -0.2) is 0 Å². The van der Waals surface area contributed by atoms with Crippen LogP contribution in [-0.2, 0) is 18.4 Å². The monoisotopic (exact) mass is 931 g/mol. The number of likely N-dealkylation sites (N-methyl/N-ethyl adjacent to an activating group) is 1. The smallest absolute Gasteiger partial charge is 0.268 e. The summed E-state index contributed by atoms with van der Waals surface area (Å²) in [5.41, 5.74) is 0. The molecule has 378 valence electrons. The first-order chi connectivity index (χ1) is 31.5. The number of carbonyl (C=O) groups excluding carboxylic acids is 1. The van der Waals surface area contributed by atoms with Crippen molar-refractivity contribution in [2.24, 2.45) is 0 Å². The van der Waals surface area contributed by atoms with Crippen molar-refractivity contribution < 1.29 is 32.9 Å². The number of nitrogens with one attached hydrogen (secondary N) is 1. The summed E-state index contributed by atoms with van der Waals surface area (Å²) in [5, 5.41) is 13.5. The van der Waals surface area contributed by atoms with Gasteiger partial charge in [0, 0.05) is 6.42 Å². The van der Waals surface area contributed by atoms with Gasteiger partial charge in [-0.3, -0.25) is 9.36 Å². The van der Waals surface area contributed by atoms with E-state index in [1.165, 1.54) is 135 Å². The highest BCUT2D eigenvalue weighted by Gasteiger charge is 2.23. The lowest BCUT2D eigenvalue weighted by Gasteiger charge is -2.29. The van der Waals surface area contributed by atoms with Crippen LogP contribution in [0, 0.1) is 0 Å². The standard InChI is InChI=1S/C56H103N2O6P/c1-6-8-10-12-13-14-15-16-17-18-19-20-21-22-23-24-25-26-27-28-29-30-31-32-33-34-35-36-37-38-39-40-41-42-43-44-45-46-48-50-56(60)57-54(55(59)49-47-11-9-7-2)53-64-65(61,62)63-52-51-58(3,4)5/h8,10,13-14,16-17,19-20,22-23,47,49,54-55,59H,6-7,9,11-12,15,18,21,24-46,48,50-53H2,1-5H3,(H-,57,60,61,62)/b10-8-,14-13-,17-16-,20-19-,23-22-,49-47+. The largest absolute Gasteiger partial charge is 0.756 e. The van der Waals surface area contributed by atoms with E-state index in [0.29, 0.717) is 17.4 Å². The fourth-order valence-electron chi connectivity index (χ4n) is 7.46. The first-order valence-electron chi connectivity index (χ1n) is 26.8. The molecule has 3 unspecified atom stereocenters. The summed E-state index contributed by atoms with van der Waals surface area (Å²) in [5.74, 6) is -0.206. The maximum Gasteiger partial charge on any atom is 0.268 e. The minimum absolute atomic E-state index is 0.00259. The van der Waals surface area contributed by atoms with Crippen molar-refractivity contribution >= 4 is 13.7 Å². The third-order valence-corrected chi connectivity index (χ3v) is 12.6. The SMILES string of the molecule is CC/C=C\C/C=C\C/C=C\C/C=C\C/C=C\CCCCCCCCCCCCCCCCCCCCCCCCCC(=O)NC(COP(=O)([O-])OCC[N+](C)(C)C)C(O)/C=C/CCCC. The van der Waals surface area contributed by atoms with Crippen LogP contribution in [0.5, 0.6) is 0 Å². The molecular weight excluding hydrogens is 828 g/mol. The molecular formula is C56H103N2O6P. The molecule has 2 N–H and O–H groups in total. The zero-order chi connectivity index (χ0) is 47.8. The van der Waals surface area contributed by atoms with Crippen LogP contribution in [0.2, 0.25) is 0 Å². The van der Waals surface area contributed by atoms with Gasteiger partial charge in [-0.2, -0.15) is 0 Å². The molecule has 0 rings (SSSR count). The van der Waals surface area contributed by atoms with E-state index >= 15 is 0 Å². The van der Waals surface area contributed by atoms with Crippen LogP contribution >= 0.6 is 7.82 Å². The summed E-state index contributed by atoms with van der Waals surface area (Å²) in [6.45, 7) is 4.37. The predicted molar refractivity (Wildman–Crippen MR) is 279 cm³/mol. The molecule has 0 aromatic carbocycles. The molecule has 1 amide bonds. The Morgan fingerprint density at radius 3 is 1.35 bits per heavy atom. The van der Waals surface area contributed by atoms with E-state index in [1.54, 1.807) is 6.08 Å². The second kappa shape index (κ2) is 47.0. The van der Waals surface area contributed by atoms with Gasteiger partial charge in [0.15, 0.2) is 0 Å². The molecule has 0 saturated carbocycles. The Morgan fingerprint density at radius 2 is 0.938 bits per heavy atom. The maximum absolute atomic E-state index is 12.7. The number of hydrogen-bond acceptors (Lipinski definition) is 6. The second-order valence-electron chi connectivity index (χ2n) is 19.2. The zero-order valence-corrected chi connectivity index (χ0v) is 43.8. The summed E-state index contributed by atoms with van der Waals surface area (Å²) < 4.78 is 23.0. The lowest BCUT2D eigenvalue weighted by atomic mass is 10.0. The van der Waals surface area contributed by atoms with Gasteiger partial charge in [-0.05, 0) is 57.8 Å². The molecule has 0 aliphatic rings. The van der Waals surface area contributed by atoms with Gasteiger partial charge in [0.2, 0.25) is 5.91 Å². The van der Waals surface area contributed by atoms with Crippen molar-refractivity contribution in [2.45, 2.75) is 238 Å². The summed E-state index contributed by atoms with van der Waals surface area (Å²) in [7, 11) is 1.26. The average Bonchev–Trinajstić information content (AvgIpc) is 3.26. The third-order valence-electron chi connectivity index (χ3n) is 11.7. The fourth-order valence-corrected chi connectivity index (χ4v) is 8.18. The minimum Gasteiger partial charge on any atom is -0.756 e. The van der Waals surface area contributed by atoms with E-state index in [0.717, 1.165) is 70.6 Å². The minimum atomic E-state index is -4.57. The van der Waals surface area contributed by atoms with Gasteiger partial charge in [-0.15, -0.1) is 0 Å². The molecule has 65 heavy (non-hydrogen) atoms. The number of hydrogen-bond donors (Lipinski definition) is 2. The number of unbranched alkanes of at least 4 members (excludes halogenated alkanes) is 25. The number of carbonyl (C=O) groups is 1. The van der Waals surface area contributed by atoms with Crippen molar-refractivity contribution in [3.8, 4) is 0 Å². The summed E-state index contributed by atoms with van der Waals surface area (Å²) in [6.07, 6.45) is 65.0. The van der Waals surface area contributed by atoms with Crippen molar-refractivity contribution in [3.05, 3.63) is 72.9 Å². The van der Waals surface area contributed by atoms with Crippen molar-refractivity contribution in [1.82, 2.24) is 5.32 Å². The number of nitrogens with zero attached hydrogens (tertiary/aromatic N) is 1. The van der Waals surface area contributed by atoms with Crippen LogP contribution in [-0.4, -0.2) is 68.5 Å². The van der Waals surface area contributed by atoms with Gasteiger partial charge in [0.25, 0.3) is 7.82 Å². The number of amides is 1. The average molecular weight is 931 g/mol. The molecule has 0 aliphatic carbocycles. The Bertz CT molecular complexity index is 1290. The Labute approximate surface area is 402 Å². The number of aliphatic hydroxyl groups is 1. The van der Waals surface area contributed by atoms with Gasteiger partial charge >= 0.3 is 0 Å². The fraction of sp³-hybridized carbons (Fsp3) is 0.768. The Morgan fingerprint density at radius 1 is 0.554 bits per heavy atom. The quantitative estimate of drug-likeness (QED) is 0.0272. The maximum atomic E-state index is 12.7. The van der Waals surface area contributed by atoms with Gasteiger partial charge in [-0.1, -0.05) is 234 Å². The molecule has 0 aromatic heterocycles. The summed E-state index contributed by atoms with van der Waals surface area (Å²) in [4.78, 5) is 25.1. The molecule has 8 nitrogen and oxygen atoms in total. The molecule has 3 atom stereocenters. The highest BCUT2D eigenvalue weighted by atomic mass is 31.2. The first-order valence-corrected chi connectivity index (χ1v) is 28.3. The van der Waals surface area contributed by atoms with E-state index in [1.807, 2.05) is 27.2 Å². The molecule has 0 saturated heterocycles. The number of allylic oxidation sites excluding steroid dienone is 11. The highest BCUT2D eigenvalue weighted by Crippen LogP contribution is 2.38. The highest BCUT2D eigenvalue weighted by molar-refractivity contribution is 7.45. The summed E-state index contributed by atoms with van der Waals surface area (Å²) >= 11 is 0. The number of rotatable bonds is 48. The molecule has 0 spiro atoms. The first kappa shape index (κ1) is 62.9. The number of phosphoric acid groups is 1. The normalized spacial score (nSPS) is 14.6. The number of aliphatic hydroxyl groups excluding tert-OH is 1. The van der Waals surface area contributed by atoms with Crippen LogP contribution in [0.15, 0.2) is 72.9 Å². The molecule has 0 aromatic rings. The lowest BCUT2D eigenvalue weighted by Crippen LogP contribution is -2.45. The van der Waals surface area contributed by atoms with Gasteiger partial charge < -0.3 is 28.8 Å². The van der Waals surface area contributed by atoms with Crippen LogP contribution < -0.4 is 10.2 Å². The Balaban J connectivity index is 3.68. The van der Waals surface area contributed by atoms with Crippen LogP contribution in [0.3, 0.4) is 0 Å². The van der Waals surface area contributed by atoms with Crippen LogP contribution in [0.1, 0.15) is 226 Å². The predicted octanol–water partition coefficient (Wildman–Crippen LogP) is 15.3. The van der Waals surface area contributed by atoms with Gasteiger partial charge in [0.05, 0.1) is 39.9 Å². The van der Waals surface area contributed by atoms with E-state index < -0.39 is 20.0 Å². The van der Waals surface area contributed by atoms with Crippen molar-refractivity contribution in [3.63, 3.8) is 0 Å². The topological polar surface area (TPSA) is 108 Å². The molecule has 0 heterocycles. The van der Waals surface area contributed by atoms with E-state index in [-0.39, 0.29) is 19.1 Å². The third kappa shape index (κ3) is 49.7. The molecule has 0 aliphatic heterocycles. The van der Waals surface area contributed by atoms with E-state index in [4.69, 9.17) is 9.05 Å². The Hall–Kier alpha value is -2.06. The van der Waals surface area contributed by atoms with Crippen molar-refractivity contribution in [2.75, 3.05) is 40.9 Å². The Kier molecular flexibility index (Phi) is 45.5. The number of phosphoric ester groups is 1. The number of quaternary nitrogens is 1. The van der Waals surface area contributed by atoms with E-state index in [2.05, 4.69) is 79.9 Å². The summed E-state index contributed by atoms with van der Waals surface area (Å²) in [6, 6.07) is -0.882. The van der Waals surface area contributed by atoms with E-state index in [9.17, 15) is 19.4 Å². The second-order valence-corrected chi connectivity index (χ2v) is 20.6. The molecule has 0 fully saturated rings. The van der Waals surface area contributed by atoms with Crippen LogP contribution in [0.4, 0.5) is 0 Å². The van der Waals surface area contributed by atoms with Gasteiger partial charge in [0.1, 0.15) is 13.2 Å². The molecule has 0 bridgehead atoms. The van der Waals surface area contributed by atoms with Crippen molar-refractivity contribution in [1.29, 1.82) is 0 Å². The lowest BCUT2D eigenvalue weighted by molar-refractivity contribution is -0.870. The van der Waals surface area contributed by atoms with Crippen LogP contribution in [0.25, 0.3) is 0 Å².